The molecule has 4 nitrogen and oxygen atoms in total. The first-order chi connectivity index (χ1) is 7.22. The Morgan fingerprint density at radius 1 is 1.47 bits per heavy atom. The molecule has 1 aromatic rings. The van der Waals surface area contributed by atoms with Gasteiger partial charge in [-0.3, -0.25) is 0 Å². The molecule has 1 aromatic heterocycles. The third kappa shape index (κ3) is 2.13. The zero-order chi connectivity index (χ0) is 10.8. The normalized spacial score (nSPS) is 14.9. The third-order valence-electron chi connectivity index (χ3n) is 2.72. The molecule has 1 aliphatic rings. The van der Waals surface area contributed by atoms with Crippen molar-refractivity contribution in [2.45, 2.75) is 19.9 Å². The lowest BCUT2D eigenvalue weighted by Crippen LogP contribution is -2.29. The maximum atomic E-state index is 4.45. The molecular formula is C10H15BrN4. The summed E-state index contributed by atoms with van der Waals surface area (Å²) < 4.78 is 0.693. The molecule has 15 heavy (non-hydrogen) atoms. The van der Waals surface area contributed by atoms with Crippen LogP contribution in [0.15, 0.2) is 4.73 Å². The van der Waals surface area contributed by atoms with E-state index in [1.165, 1.54) is 11.3 Å². The summed E-state index contributed by atoms with van der Waals surface area (Å²) in [4.78, 5) is 11.0. The van der Waals surface area contributed by atoms with Gasteiger partial charge in [0.25, 0.3) is 0 Å². The first-order valence-electron chi connectivity index (χ1n) is 5.19. The van der Waals surface area contributed by atoms with E-state index in [0.29, 0.717) is 4.73 Å². The minimum Gasteiger partial charge on any atom is -0.360 e. The topological polar surface area (TPSA) is 41.1 Å². The Morgan fingerprint density at radius 2 is 2.27 bits per heavy atom. The molecule has 0 radical (unpaired) electrons. The average Bonchev–Trinajstić information content (AvgIpc) is 2.26. The predicted molar refractivity (Wildman–Crippen MR) is 64.1 cm³/mol. The third-order valence-corrected chi connectivity index (χ3v) is 3.07. The molecule has 0 unspecified atom stereocenters. The summed E-state index contributed by atoms with van der Waals surface area (Å²) >= 11 is 3.37. The summed E-state index contributed by atoms with van der Waals surface area (Å²) in [6, 6.07) is 0. The van der Waals surface area contributed by atoms with Gasteiger partial charge in [-0.2, -0.15) is 0 Å². The van der Waals surface area contributed by atoms with Gasteiger partial charge in [0.05, 0.1) is 5.69 Å². The first kappa shape index (κ1) is 10.8. The molecule has 2 heterocycles. The van der Waals surface area contributed by atoms with Crippen molar-refractivity contribution in [1.82, 2.24) is 15.3 Å². The van der Waals surface area contributed by atoms with Crippen LogP contribution in [-0.4, -0.2) is 30.1 Å². The number of hydrogen-bond acceptors (Lipinski definition) is 4. The second kappa shape index (κ2) is 4.45. The molecule has 1 N–H and O–H groups in total. The van der Waals surface area contributed by atoms with Gasteiger partial charge in [0.2, 0.25) is 0 Å². The summed E-state index contributed by atoms with van der Waals surface area (Å²) in [6.07, 6.45) is 0.987. The van der Waals surface area contributed by atoms with Gasteiger partial charge in [0.15, 0.2) is 4.73 Å². The average molecular weight is 271 g/mol. The van der Waals surface area contributed by atoms with Crippen molar-refractivity contribution in [2.75, 3.05) is 25.0 Å². The van der Waals surface area contributed by atoms with Gasteiger partial charge >= 0.3 is 0 Å². The van der Waals surface area contributed by atoms with Crippen molar-refractivity contribution in [3.63, 3.8) is 0 Å². The molecule has 82 valence electrons. The van der Waals surface area contributed by atoms with Crippen molar-refractivity contribution >= 4 is 21.7 Å². The van der Waals surface area contributed by atoms with E-state index >= 15 is 0 Å². The van der Waals surface area contributed by atoms with E-state index in [9.17, 15) is 0 Å². The fourth-order valence-electron chi connectivity index (χ4n) is 1.76. The number of rotatable bonds is 2. The summed E-state index contributed by atoms with van der Waals surface area (Å²) in [6.45, 7) is 4.96. The van der Waals surface area contributed by atoms with Crippen molar-refractivity contribution in [3.8, 4) is 0 Å². The number of nitrogens with zero attached hydrogens (tertiary/aromatic N) is 3. The minimum atomic E-state index is 0.693. The Hall–Kier alpha value is -0.680. The Kier molecular flexibility index (Phi) is 3.21. The van der Waals surface area contributed by atoms with Crippen molar-refractivity contribution in [3.05, 3.63) is 16.0 Å². The van der Waals surface area contributed by atoms with Crippen molar-refractivity contribution < 1.29 is 0 Å². The fourth-order valence-corrected chi connectivity index (χ4v) is 2.14. The van der Waals surface area contributed by atoms with Gasteiger partial charge in [-0.1, -0.05) is 0 Å². The fraction of sp³-hybridized carbons (Fsp3) is 0.600. The lowest BCUT2D eigenvalue weighted by atomic mass is 10.1. The molecular weight excluding hydrogens is 256 g/mol. The summed E-state index contributed by atoms with van der Waals surface area (Å²) in [5, 5.41) is 3.36. The number of aromatic nitrogens is 2. The molecule has 1 aliphatic heterocycles. The van der Waals surface area contributed by atoms with E-state index in [4.69, 9.17) is 0 Å². The van der Waals surface area contributed by atoms with Crippen molar-refractivity contribution in [1.29, 1.82) is 0 Å². The Balaban J connectivity index is 2.47. The van der Waals surface area contributed by atoms with E-state index in [2.05, 4.69) is 50.1 Å². The van der Waals surface area contributed by atoms with E-state index < -0.39 is 0 Å². The van der Waals surface area contributed by atoms with E-state index in [1.807, 2.05) is 0 Å². The second-order valence-corrected chi connectivity index (χ2v) is 4.39. The Labute approximate surface area is 98.2 Å². The predicted octanol–water partition coefficient (Wildman–Crippen LogP) is 1.34. The number of anilines is 1. The van der Waals surface area contributed by atoms with Gasteiger partial charge in [-0.15, -0.1) is 0 Å². The highest BCUT2D eigenvalue weighted by Crippen LogP contribution is 2.24. The Bertz CT molecular complexity index is 367. The molecule has 0 aromatic carbocycles. The Morgan fingerprint density at radius 3 is 3.00 bits per heavy atom. The minimum absolute atomic E-state index is 0.693. The molecule has 0 spiro atoms. The molecule has 0 bridgehead atoms. The molecule has 0 aliphatic carbocycles. The zero-order valence-corrected chi connectivity index (χ0v) is 10.6. The van der Waals surface area contributed by atoms with E-state index in [-0.39, 0.29) is 0 Å². The number of nitrogens with one attached hydrogen (secondary N) is 1. The highest BCUT2D eigenvalue weighted by molar-refractivity contribution is 9.10. The summed E-state index contributed by atoms with van der Waals surface area (Å²) in [7, 11) is 2.06. The molecule has 0 atom stereocenters. The van der Waals surface area contributed by atoms with E-state index in [1.54, 1.807) is 0 Å². The van der Waals surface area contributed by atoms with Crippen LogP contribution in [0.3, 0.4) is 0 Å². The maximum Gasteiger partial charge on any atom is 0.198 e. The van der Waals surface area contributed by atoms with Crippen LogP contribution in [0.25, 0.3) is 0 Å². The second-order valence-electron chi connectivity index (χ2n) is 3.68. The van der Waals surface area contributed by atoms with Gasteiger partial charge in [-0.05, 0) is 22.9 Å². The molecule has 5 heteroatoms. The molecule has 0 saturated carbocycles. The van der Waals surface area contributed by atoms with Crippen LogP contribution in [0.4, 0.5) is 5.82 Å². The van der Waals surface area contributed by atoms with Crippen LogP contribution in [0.5, 0.6) is 0 Å². The number of hydrogen-bond donors (Lipinski definition) is 1. The summed E-state index contributed by atoms with van der Waals surface area (Å²) in [5.41, 5.74) is 2.42. The standard InChI is InChI=1S/C10H15BrN4/c1-3-15(2)9-7-6-12-5-4-8(7)13-10(11)14-9/h12H,3-6H2,1-2H3. The van der Waals surface area contributed by atoms with Crippen LogP contribution >= 0.6 is 15.9 Å². The van der Waals surface area contributed by atoms with Crippen molar-refractivity contribution in [2.24, 2.45) is 0 Å². The monoisotopic (exact) mass is 270 g/mol. The molecule has 0 saturated heterocycles. The number of halogens is 1. The van der Waals surface area contributed by atoms with Crippen LogP contribution < -0.4 is 10.2 Å². The molecule has 0 amide bonds. The molecule has 2 rings (SSSR count). The van der Waals surface area contributed by atoms with Crippen LogP contribution in [0, 0.1) is 0 Å². The number of fused-ring (bicyclic) bond motifs is 1. The van der Waals surface area contributed by atoms with Crippen LogP contribution in [-0.2, 0) is 13.0 Å². The van der Waals surface area contributed by atoms with Gasteiger partial charge in [0, 0.05) is 38.7 Å². The van der Waals surface area contributed by atoms with Gasteiger partial charge in [-0.25, -0.2) is 9.97 Å². The largest absolute Gasteiger partial charge is 0.360 e. The highest BCUT2D eigenvalue weighted by Gasteiger charge is 2.18. The van der Waals surface area contributed by atoms with Gasteiger partial charge in [0.1, 0.15) is 5.82 Å². The maximum absolute atomic E-state index is 4.45. The molecule has 0 fully saturated rings. The summed E-state index contributed by atoms with van der Waals surface area (Å²) in [5.74, 6) is 1.04. The smallest absolute Gasteiger partial charge is 0.198 e. The lowest BCUT2D eigenvalue weighted by Gasteiger charge is -2.24. The van der Waals surface area contributed by atoms with Crippen LogP contribution in [0.1, 0.15) is 18.2 Å². The van der Waals surface area contributed by atoms with Gasteiger partial charge < -0.3 is 10.2 Å². The highest BCUT2D eigenvalue weighted by atomic mass is 79.9. The van der Waals surface area contributed by atoms with E-state index in [0.717, 1.165) is 31.9 Å². The lowest BCUT2D eigenvalue weighted by molar-refractivity contribution is 0.621. The quantitative estimate of drug-likeness (QED) is 0.824. The first-order valence-corrected chi connectivity index (χ1v) is 5.98. The zero-order valence-electron chi connectivity index (χ0n) is 9.05. The van der Waals surface area contributed by atoms with Crippen LogP contribution in [0.2, 0.25) is 0 Å². The SMILES string of the molecule is CCN(C)c1nc(Br)nc2c1CNCC2.